The molecule has 0 aliphatic carbocycles. The minimum atomic E-state index is -3.49. The predicted octanol–water partition coefficient (Wildman–Crippen LogP) is 1.80. The molecule has 2 aromatic rings. The Morgan fingerprint density at radius 3 is 2.03 bits per heavy atom. The maximum atomic E-state index is 13.0. The molecule has 34 heavy (non-hydrogen) atoms. The van der Waals surface area contributed by atoms with E-state index in [4.69, 9.17) is 0 Å². The summed E-state index contributed by atoms with van der Waals surface area (Å²) in [5, 5.41) is 2.83. The molecule has 4 rings (SSSR count). The molecular formula is C24H29FN4O4S. The summed E-state index contributed by atoms with van der Waals surface area (Å²) in [6.07, 6.45) is 1.75. The van der Waals surface area contributed by atoms with Crippen LogP contribution in [0.4, 0.5) is 4.39 Å². The number of sulfonamides is 1. The van der Waals surface area contributed by atoms with Gasteiger partial charge in [0.2, 0.25) is 10.0 Å². The van der Waals surface area contributed by atoms with Gasteiger partial charge in [-0.15, -0.1) is 0 Å². The highest BCUT2D eigenvalue weighted by Crippen LogP contribution is 2.21. The van der Waals surface area contributed by atoms with Gasteiger partial charge in [0.05, 0.1) is 4.90 Å². The molecule has 8 nitrogen and oxygen atoms in total. The van der Waals surface area contributed by atoms with Gasteiger partial charge >= 0.3 is 0 Å². The monoisotopic (exact) mass is 488 g/mol. The zero-order valence-electron chi connectivity index (χ0n) is 19.0. The van der Waals surface area contributed by atoms with Crippen LogP contribution in [0.2, 0.25) is 0 Å². The van der Waals surface area contributed by atoms with E-state index in [0.717, 1.165) is 12.8 Å². The van der Waals surface area contributed by atoms with Gasteiger partial charge in [-0.05, 0) is 61.4 Å². The van der Waals surface area contributed by atoms with Gasteiger partial charge in [-0.2, -0.15) is 4.31 Å². The zero-order chi connectivity index (χ0) is 24.1. The van der Waals surface area contributed by atoms with E-state index in [2.05, 4.69) is 10.2 Å². The van der Waals surface area contributed by atoms with Crippen LogP contribution in [0.25, 0.3) is 0 Å². The summed E-state index contributed by atoms with van der Waals surface area (Å²) in [5.74, 6) is -0.745. The first-order valence-corrected chi connectivity index (χ1v) is 12.9. The Bertz CT molecular complexity index is 1110. The topological polar surface area (TPSA) is 90.0 Å². The molecule has 0 aromatic heterocycles. The average Bonchev–Trinajstić information content (AvgIpc) is 3.41. The summed E-state index contributed by atoms with van der Waals surface area (Å²) in [7, 11) is -3.49. The molecule has 2 aliphatic heterocycles. The second-order valence-corrected chi connectivity index (χ2v) is 10.5. The molecule has 0 spiro atoms. The van der Waals surface area contributed by atoms with E-state index in [-0.39, 0.29) is 22.5 Å². The van der Waals surface area contributed by atoms with Crippen molar-refractivity contribution in [1.82, 2.24) is 19.4 Å². The van der Waals surface area contributed by atoms with Crippen molar-refractivity contribution in [1.29, 1.82) is 0 Å². The average molecular weight is 489 g/mol. The SMILES string of the molecule is O=C(NCCN1CCN(C(=O)c2ccc(S(=O)(=O)N3CCCC3)cc2)CC1)c1ccc(F)cc1. The summed E-state index contributed by atoms with van der Waals surface area (Å²) >= 11 is 0. The first-order chi connectivity index (χ1) is 16.3. The Hall–Kier alpha value is -2.82. The fraction of sp³-hybridized carbons (Fsp3) is 0.417. The maximum Gasteiger partial charge on any atom is 0.253 e. The maximum absolute atomic E-state index is 13.0. The van der Waals surface area contributed by atoms with E-state index < -0.39 is 10.0 Å². The standard InChI is InChI=1S/C24H29FN4O4S/c25-21-7-3-19(4-8-21)23(30)26-11-14-27-15-17-28(18-16-27)24(31)20-5-9-22(10-6-20)34(32,33)29-12-1-2-13-29/h3-10H,1-2,11-18H2,(H,26,30). The van der Waals surface area contributed by atoms with Crippen LogP contribution in [0.1, 0.15) is 33.6 Å². The van der Waals surface area contributed by atoms with E-state index in [1.807, 2.05) is 0 Å². The van der Waals surface area contributed by atoms with Gasteiger partial charge in [0.15, 0.2) is 0 Å². The highest BCUT2D eigenvalue weighted by Gasteiger charge is 2.28. The van der Waals surface area contributed by atoms with Crippen LogP contribution in [0.3, 0.4) is 0 Å². The van der Waals surface area contributed by atoms with Crippen molar-refractivity contribution in [2.45, 2.75) is 17.7 Å². The molecule has 2 fully saturated rings. The zero-order valence-corrected chi connectivity index (χ0v) is 19.8. The van der Waals surface area contributed by atoms with Crippen molar-refractivity contribution in [3.05, 3.63) is 65.5 Å². The van der Waals surface area contributed by atoms with Crippen molar-refractivity contribution in [2.75, 3.05) is 52.4 Å². The minimum absolute atomic E-state index is 0.116. The molecule has 0 bridgehead atoms. The third kappa shape index (κ3) is 5.63. The Morgan fingerprint density at radius 2 is 1.41 bits per heavy atom. The van der Waals surface area contributed by atoms with Gasteiger partial charge in [-0.25, -0.2) is 12.8 Å². The number of rotatable bonds is 7. The van der Waals surface area contributed by atoms with Crippen LogP contribution in [-0.2, 0) is 10.0 Å². The van der Waals surface area contributed by atoms with Gasteiger partial charge in [0, 0.05) is 63.5 Å². The first kappa shape index (κ1) is 24.3. The van der Waals surface area contributed by atoms with Crippen molar-refractivity contribution in [3.63, 3.8) is 0 Å². The molecular weight excluding hydrogens is 459 g/mol. The molecule has 2 heterocycles. The van der Waals surface area contributed by atoms with E-state index in [1.54, 1.807) is 17.0 Å². The number of benzene rings is 2. The molecule has 2 saturated heterocycles. The second-order valence-electron chi connectivity index (χ2n) is 8.53. The number of piperazine rings is 1. The molecule has 0 saturated carbocycles. The number of hydrogen-bond acceptors (Lipinski definition) is 5. The number of halogens is 1. The Balaban J connectivity index is 1.23. The normalized spacial score (nSPS) is 17.6. The Labute approximate surface area is 199 Å². The molecule has 2 amide bonds. The van der Waals surface area contributed by atoms with Crippen molar-refractivity contribution >= 4 is 21.8 Å². The van der Waals surface area contributed by atoms with Crippen LogP contribution >= 0.6 is 0 Å². The quantitative estimate of drug-likeness (QED) is 0.642. The number of hydrogen-bond donors (Lipinski definition) is 1. The van der Waals surface area contributed by atoms with Gasteiger partial charge in [0.25, 0.3) is 11.8 Å². The summed E-state index contributed by atoms with van der Waals surface area (Å²) in [6, 6.07) is 11.6. The second kappa shape index (κ2) is 10.6. The molecule has 2 aliphatic rings. The molecule has 0 radical (unpaired) electrons. The first-order valence-electron chi connectivity index (χ1n) is 11.5. The van der Waals surface area contributed by atoms with Crippen LogP contribution in [0.15, 0.2) is 53.4 Å². The highest BCUT2D eigenvalue weighted by molar-refractivity contribution is 7.89. The van der Waals surface area contributed by atoms with Gasteiger partial charge in [-0.3, -0.25) is 14.5 Å². The highest BCUT2D eigenvalue weighted by atomic mass is 32.2. The van der Waals surface area contributed by atoms with Crippen molar-refractivity contribution in [2.24, 2.45) is 0 Å². The molecule has 1 N–H and O–H groups in total. The van der Waals surface area contributed by atoms with Crippen LogP contribution in [0.5, 0.6) is 0 Å². The molecule has 182 valence electrons. The lowest BCUT2D eigenvalue weighted by Crippen LogP contribution is -2.50. The van der Waals surface area contributed by atoms with Gasteiger partial charge < -0.3 is 10.2 Å². The number of carbonyl (C=O) groups excluding carboxylic acids is 2. The van der Waals surface area contributed by atoms with E-state index in [0.29, 0.717) is 63.5 Å². The van der Waals surface area contributed by atoms with E-state index in [1.165, 1.54) is 40.7 Å². The Kier molecular flexibility index (Phi) is 7.60. The third-order valence-corrected chi connectivity index (χ3v) is 8.20. The van der Waals surface area contributed by atoms with E-state index >= 15 is 0 Å². The van der Waals surface area contributed by atoms with Crippen LogP contribution in [-0.4, -0.2) is 86.7 Å². The van der Waals surface area contributed by atoms with Crippen molar-refractivity contribution < 1.29 is 22.4 Å². The minimum Gasteiger partial charge on any atom is -0.351 e. The molecule has 0 atom stereocenters. The predicted molar refractivity (Wildman–Crippen MR) is 126 cm³/mol. The van der Waals surface area contributed by atoms with Crippen LogP contribution < -0.4 is 5.32 Å². The smallest absolute Gasteiger partial charge is 0.253 e. The van der Waals surface area contributed by atoms with Gasteiger partial charge in [-0.1, -0.05) is 0 Å². The fourth-order valence-corrected chi connectivity index (χ4v) is 5.75. The summed E-state index contributed by atoms with van der Waals surface area (Å²) in [5.41, 5.74) is 0.886. The lowest BCUT2D eigenvalue weighted by molar-refractivity contribution is 0.0638. The lowest BCUT2D eigenvalue weighted by Gasteiger charge is -2.34. The summed E-state index contributed by atoms with van der Waals surface area (Å²) in [6.45, 7) is 4.66. The molecule has 10 heteroatoms. The fourth-order valence-electron chi connectivity index (χ4n) is 4.24. The lowest BCUT2D eigenvalue weighted by atomic mass is 10.2. The summed E-state index contributed by atoms with van der Waals surface area (Å²) < 4.78 is 39.8. The van der Waals surface area contributed by atoms with Crippen LogP contribution in [0, 0.1) is 5.82 Å². The molecule has 2 aromatic carbocycles. The number of nitrogens with zero attached hydrogens (tertiary/aromatic N) is 3. The van der Waals surface area contributed by atoms with Gasteiger partial charge in [0.1, 0.15) is 5.82 Å². The largest absolute Gasteiger partial charge is 0.351 e. The third-order valence-electron chi connectivity index (χ3n) is 6.28. The summed E-state index contributed by atoms with van der Waals surface area (Å²) in [4.78, 5) is 29.1. The van der Waals surface area contributed by atoms with E-state index in [9.17, 15) is 22.4 Å². The Morgan fingerprint density at radius 1 is 0.824 bits per heavy atom. The number of amides is 2. The number of carbonyl (C=O) groups is 2. The number of nitrogens with one attached hydrogen (secondary N) is 1. The molecule has 0 unspecified atom stereocenters. The van der Waals surface area contributed by atoms with Crippen molar-refractivity contribution in [3.8, 4) is 0 Å².